The molecule has 0 saturated heterocycles. The second kappa shape index (κ2) is 4.42. The average molecular weight is 263 g/mol. The molecule has 0 unspecified atom stereocenters. The van der Waals surface area contributed by atoms with E-state index in [1.165, 1.54) is 18.2 Å². The van der Waals surface area contributed by atoms with Gasteiger partial charge in [0.05, 0.1) is 0 Å². The lowest BCUT2D eigenvalue weighted by Crippen LogP contribution is -2.53. The average Bonchev–Trinajstić information content (AvgIpc) is 2.24. The molecule has 2 nitrogen and oxygen atoms in total. The van der Waals surface area contributed by atoms with Crippen LogP contribution in [0.5, 0.6) is 5.75 Å². The van der Waals surface area contributed by atoms with Crippen LogP contribution in [-0.2, 0) is 5.41 Å². The number of halogens is 4. The zero-order valence-electron chi connectivity index (χ0n) is 9.51. The van der Waals surface area contributed by atoms with Gasteiger partial charge in [-0.2, -0.15) is 8.78 Å². The van der Waals surface area contributed by atoms with E-state index in [1.54, 1.807) is 6.07 Å². The van der Waals surface area contributed by atoms with Crippen LogP contribution in [-0.4, -0.2) is 19.1 Å². The third kappa shape index (κ3) is 2.43. The predicted molar refractivity (Wildman–Crippen MR) is 58.0 cm³/mol. The fraction of sp³-hybridized carbons (Fsp3) is 0.500. The highest BCUT2D eigenvalue weighted by molar-refractivity contribution is 5.37. The molecule has 1 aliphatic carbocycles. The first-order valence-electron chi connectivity index (χ1n) is 5.50. The van der Waals surface area contributed by atoms with Gasteiger partial charge in [-0.25, -0.2) is 8.78 Å². The van der Waals surface area contributed by atoms with E-state index < -0.39 is 17.9 Å². The van der Waals surface area contributed by atoms with Crippen molar-refractivity contribution in [3.63, 3.8) is 0 Å². The van der Waals surface area contributed by atoms with E-state index >= 15 is 0 Å². The van der Waals surface area contributed by atoms with Crippen molar-refractivity contribution in [1.29, 1.82) is 0 Å². The first-order chi connectivity index (χ1) is 8.37. The Morgan fingerprint density at radius 2 is 1.94 bits per heavy atom. The van der Waals surface area contributed by atoms with Crippen molar-refractivity contribution in [2.75, 3.05) is 6.54 Å². The number of nitrogens with two attached hydrogens (primary N) is 1. The van der Waals surface area contributed by atoms with E-state index in [0.717, 1.165) is 0 Å². The molecule has 0 radical (unpaired) electrons. The number of rotatable bonds is 4. The minimum atomic E-state index is -2.93. The number of alkyl halides is 4. The van der Waals surface area contributed by atoms with E-state index in [2.05, 4.69) is 4.74 Å². The molecular weight excluding hydrogens is 250 g/mol. The number of benzene rings is 1. The molecule has 1 aromatic rings. The number of hydrogen-bond acceptors (Lipinski definition) is 2. The second-order valence-electron chi connectivity index (χ2n) is 4.60. The number of hydrogen-bond donors (Lipinski definition) is 1. The molecule has 6 heteroatoms. The lowest BCUT2D eigenvalue weighted by molar-refractivity contribution is -0.124. The third-order valence-electron chi connectivity index (χ3n) is 3.26. The molecule has 0 atom stereocenters. The first kappa shape index (κ1) is 13.1. The molecule has 2 N–H and O–H groups in total. The van der Waals surface area contributed by atoms with E-state index in [0.29, 0.717) is 5.56 Å². The highest BCUT2D eigenvalue weighted by Crippen LogP contribution is 2.53. The fourth-order valence-corrected chi connectivity index (χ4v) is 2.41. The molecule has 0 heterocycles. The van der Waals surface area contributed by atoms with Crippen LogP contribution >= 0.6 is 0 Å². The van der Waals surface area contributed by atoms with E-state index in [-0.39, 0.29) is 25.1 Å². The zero-order chi connectivity index (χ0) is 13.4. The van der Waals surface area contributed by atoms with Gasteiger partial charge >= 0.3 is 6.61 Å². The van der Waals surface area contributed by atoms with Crippen LogP contribution in [0.1, 0.15) is 18.4 Å². The molecule has 1 aliphatic rings. The summed E-state index contributed by atoms with van der Waals surface area (Å²) in [5.41, 5.74) is 5.24. The van der Waals surface area contributed by atoms with Gasteiger partial charge in [0.2, 0.25) is 5.92 Å². The van der Waals surface area contributed by atoms with Crippen molar-refractivity contribution in [3.8, 4) is 5.75 Å². The molecule has 0 aliphatic heterocycles. The highest BCUT2D eigenvalue weighted by Gasteiger charge is 2.56. The summed E-state index contributed by atoms with van der Waals surface area (Å²) in [4.78, 5) is 0. The Morgan fingerprint density at radius 1 is 1.28 bits per heavy atom. The Bertz CT molecular complexity index is 428. The standard InChI is InChI=1S/C12H13F4NO/c13-10(14)18-9-3-1-2-8(4-9)11(7-17)5-12(15,16)6-11/h1-4,10H,5-7,17H2. The van der Waals surface area contributed by atoms with Crippen LogP contribution in [0.4, 0.5) is 17.6 Å². The quantitative estimate of drug-likeness (QED) is 0.848. The summed E-state index contributed by atoms with van der Waals surface area (Å²) in [6, 6.07) is 5.83. The molecule has 1 saturated carbocycles. The fourth-order valence-electron chi connectivity index (χ4n) is 2.41. The van der Waals surface area contributed by atoms with Crippen LogP contribution in [0.3, 0.4) is 0 Å². The van der Waals surface area contributed by atoms with Crippen LogP contribution < -0.4 is 10.5 Å². The van der Waals surface area contributed by atoms with Crippen molar-refractivity contribution >= 4 is 0 Å². The largest absolute Gasteiger partial charge is 0.435 e. The van der Waals surface area contributed by atoms with Gasteiger partial charge < -0.3 is 10.5 Å². The molecule has 0 aromatic heterocycles. The highest BCUT2D eigenvalue weighted by atomic mass is 19.3. The van der Waals surface area contributed by atoms with Crippen molar-refractivity contribution in [2.45, 2.75) is 30.8 Å². The predicted octanol–water partition coefficient (Wildman–Crippen LogP) is 2.91. The summed E-state index contributed by atoms with van der Waals surface area (Å²) in [7, 11) is 0. The van der Waals surface area contributed by atoms with Crippen molar-refractivity contribution in [2.24, 2.45) is 5.73 Å². The monoisotopic (exact) mass is 263 g/mol. The van der Waals surface area contributed by atoms with Crippen molar-refractivity contribution < 1.29 is 22.3 Å². The van der Waals surface area contributed by atoms with Gasteiger partial charge in [0.25, 0.3) is 0 Å². The van der Waals surface area contributed by atoms with Gasteiger partial charge in [0.15, 0.2) is 0 Å². The van der Waals surface area contributed by atoms with Crippen LogP contribution in [0, 0.1) is 0 Å². The molecule has 0 bridgehead atoms. The summed E-state index contributed by atoms with van der Waals surface area (Å²) in [5.74, 6) is -2.76. The summed E-state index contributed by atoms with van der Waals surface area (Å²) >= 11 is 0. The maximum Gasteiger partial charge on any atom is 0.387 e. The summed E-state index contributed by atoms with van der Waals surface area (Å²) in [5, 5.41) is 0. The van der Waals surface area contributed by atoms with E-state index in [9.17, 15) is 17.6 Å². The summed E-state index contributed by atoms with van der Waals surface area (Å²) in [6.45, 7) is -2.88. The first-order valence-corrected chi connectivity index (χ1v) is 5.50. The normalized spacial score (nSPS) is 20.6. The number of ether oxygens (including phenoxy) is 1. The smallest absolute Gasteiger partial charge is 0.387 e. The molecule has 18 heavy (non-hydrogen) atoms. The van der Waals surface area contributed by atoms with Gasteiger partial charge in [0, 0.05) is 24.8 Å². The van der Waals surface area contributed by atoms with Gasteiger partial charge in [-0.1, -0.05) is 12.1 Å². The van der Waals surface area contributed by atoms with Crippen molar-refractivity contribution in [3.05, 3.63) is 29.8 Å². The van der Waals surface area contributed by atoms with Crippen LogP contribution in [0.2, 0.25) is 0 Å². The van der Waals surface area contributed by atoms with Gasteiger partial charge in [0.1, 0.15) is 5.75 Å². The SMILES string of the molecule is NCC1(c2cccc(OC(F)F)c2)CC(F)(F)C1. The maximum absolute atomic E-state index is 13.0. The molecular formula is C12H13F4NO. The van der Waals surface area contributed by atoms with Gasteiger partial charge in [-0.3, -0.25) is 0 Å². The summed E-state index contributed by atoms with van der Waals surface area (Å²) in [6.07, 6.45) is -0.705. The zero-order valence-corrected chi connectivity index (χ0v) is 9.51. The third-order valence-corrected chi connectivity index (χ3v) is 3.26. The molecule has 0 spiro atoms. The van der Waals surface area contributed by atoms with Crippen LogP contribution in [0.25, 0.3) is 0 Å². The molecule has 1 aromatic carbocycles. The Labute approximate surface area is 102 Å². The topological polar surface area (TPSA) is 35.2 Å². The van der Waals surface area contributed by atoms with Gasteiger partial charge in [-0.15, -0.1) is 0 Å². The molecule has 1 fully saturated rings. The lowest BCUT2D eigenvalue weighted by atomic mass is 9.62. The molecule has 100 valence electrons. The van der Waals surface area contributed by atoms with Gasteiger partial charge in [-0.05, 0) is 17.7 Å². The minimum absolute atomic E-state index is 0.0365. The van der Waals surface area contributed by atoms with Crippen LogP contribution in [0.15, 0.2) is 24.3 Å². The molecule has 0 amide bonds. The Morgan fingerprint density at radius 3 is 2.44 bits per heavy atom. The van der Waals surface area contributed by atoms with E-state index in [1.807, 2.05) is 0 Å². The lowest BCUT2D eigenvalue weighted by Gasteiger charge is -2.47. The Hall–Kier alpha value is -1.30. The maximum atomic E-state index is 13.0. The summed E-state index contributed by atoms with van der Waals surface area (Å²) < 4.78 is 54.4. The molecule has 2 rings (SSSR count). The minimum Gasteiger partial charge on any atom is -0.435 e. The second-order valence-corrected chi connectivity index (χ2v) is 4.60. The van der Waals surface area contributed by atoms with E-state index in [4.69, 9.17) is 5.73 Å². The Kier molecular flexibility index (Phi) is 3.23. The van der Waals surface area contributed by atoms with Crippen molar-refractivity contribution in [1.82, 2.24) is 0 Å². The Balaban J connectivity index is 2.22.